The van der Waals surface area contributed by atoms with Crippen molar-refractivity contribution in [2.24, 2.45) is 11.7 Å². The fourth-order valence-corrected chi connectivity index (χ4v) is 16.1. The number of carbonyl (C=O) groups is 10. The van der Waals surface area contributed by atoms with E-state index in [2.05, 4.69) is 51.8 Å². The Balaban J connectivity index is 0.847. The van der Waals surface area contributed by atoms with Crippen LogP contribution in [0.3, 0.4) is 0 Å². The van der Waals surface area contributed by atoms with Crippen LogP contribution in [0, 0.1) is 18.7 Å². The number of para-hydroxylation sites is 2. The molecule has 0 saturated carbocycles. The minimum atomic E-state index is -4.97. The third-order valence-corrected chi connectivity index (χ3v) is 23.2. The monoisotopic (exact) mass is 1790 g/mol. The van der Waals surface area contributed by atoms with Gasteiger partial charge < -0.3 is 70.9 Å². The number of thiophene rings is 1. The highest BCUT2D eigenvalue weighted by Gasteiger charge is 2.36. The number of amides is 9. The molecule has 5 heterocycles. The number of imide groups is 1. The topological polar surface area (TPSA) is 502 Å². The fourth-order valence-electron chi connectivity index (χ4n) is 13.8. The van der Waals surface area contributed by atoms with E-state index in [9.17, 15) is 83.4 Å². The number of primary amides is 1. The summed E-state index contributed by atoms with van der Waals surface area (Å²) in [5, 5.41) is 26.6. The predicted molar refractivity (Wildman–Crippen MR) is 453 cm³/mol. The van der Waals surface area contributed by atoms with Gasteiger partial charge in [0.05, 0.1) is 74.7 Å². The SMILES string of the molecule is COc1ccccc1-c1nccc(COc2ccccc2C[C@@H](Oc2ncnc3sc(-c4ccc(F)cc4)c(-c4ccc(OCCN5CC[N+](C)(Cc6ccc(NC(=O)[C@H](CCCNC(N)=O)NC(=O)[C@@H](NC(=O)CCOCCN7C(=O)C=CC7=O)C(C)C)cc6C[C@H](NC(=O)CS(=O)(=O)O)C(=O)CCNC(=O)CS(=O)(=O)O)CC5)c(Cl)c4C)c23)C(=O)O)n1. The number of benzene rings is 5. The summed E-state index contributed by atoms with van der Waals surface area (Å²) >= 11 is 8.55. The molecule has 11 N–H and O–H groups in total. The van der Waals surface area contributed by atoms with Gasteiger partial charge in [0, 0.05) is 98.4 Å². The largest absolute Gasteiger partial charge is 0.496 e. The number of fused-ring (bicyclic) bond motifs is 1. The minimum Gasteiger partial charge on any atom is -0.496 e. The number of urea groups is 1. The summed E-state index contributed by atoms with van der Waals surface area (Å²) in [6, 6.07) is 25.0. The number of nitrogens with two attached hydrogens (primary N) is 1. The highest BCUT2D eigenvalue weighted by Crippen LogP contribution is 2.50. The lowest BCUT2D eigenvalue weighted by atomic mass is 9.95. The van der Waals surface area contributed by atoms with Gasteiger partial charge in [-0.15, -0.1) is 11.3 Å². The van der Waals surface area contributed by atoms with E-state index in [1.54, 1.807) is 107 Å². The van der Waals surface area contributed by atoms with Crippen molar-refractivity contribution in [2.45, 2.75) is 96.7 Å². The Bertz CT molecular complexity index is 5530. The van der Waals surface area contributed by atoms with Gasteiger partial charge in [-0.25, -0.2) is 33.9 Å². The summed E-state index contributed by atoms with van der Waals surface area (Å²) in [4.78, 5) is 153. The van der Waals surface area contributed by atoms with E-state index in [1.165, 1.54) is 35.9 Å². The molecule has 2 aliphatic rings. The molecule has 124 heavy (non-hydrogen) atoms. The molecule has 36 nitrogen and oxygen atoms in total. The summed E-state index contributed by atoms with van der Waals surface area (Å²) in [6.45, 7) is 7.15. The van der Waals surface area contributed by atoms with Gasteiger partial charge in [-0.3, -0.25) is 57.3 Å². The first kappa shape index (κ1) is 94.2. The van der Waals surface area contributed by atoms with Crippen molar-refractivity contribution in [2.75, 3.05) is 103 Å². The number of carbonyl (C=O) groups excluding carboxylic acids is 9. The standard InChI is InChI=1S/C83H94ClFN14O22S3/c1-49(2)75(96-67(101)28-38-118-39-35-98-70(104)24-25-71(98)105)79(107)95-60(13-10-29-89-83(86)110)78(106)93-56-21-18-53(54(41-56)42-61(94-69(103)47-124(114,115)116)62(100)27-31-87-68(102)46-123(111,112)113)44-99(4)36-32-97(33-37-99)34-40-119-65-23-22-58(50(3)74(65)84)72-73-80(90-48-91-81(73)122-76(72)51-16-19-55(85)20-17-51)121-66(82(108)109)43-52-11-6-8-14-63(52)120-45-57-26-30-88-77(92-57)59-12-7-9-15-64(59)117-5/h6-9,11-12,14-26,30,41,48-49,60-61,66,75H,10,13,27-29,31-40,42-47H2,1-5H3,(H10-,86,87,89,93,94,95,96,101,102,103,106,107,108,109,110,111,112,113,114,115,116)/p+1/t60-,61-,66+,75-/m0/s1. The zero-order chi connectivity index (χ0) is 89.6. The molecule has 2 aliphatic heterocycles. The molecule has 0 unspecified atom stereocenters. The first-order chi connectivity index (χ1) is 59.0. The number of nitrogens with one attached hydrogen (secondary N) is 6. The van der Waals surface area contributed by atoms with Gasteiger partial charge in [0.1, 0.15) is 66.1 Å². The number of piperazine rings is 1. The molecule has 660 valence electrons. The van der Waals surface area contributed by atoms with Crippen LogP contribution in [-0.2, 0) is 94.1 Å². The number of ether oxygens (including phenoxy) is 5. The second-order valence-corrected chi connectivity index (χ2v) is 34.2. The first-order valence-corrected chi connectivity index (χ1v) is 43.7. The number of hydrogen-bond donors (Lipinski definition) is 10. The number of likely N-dealkylation sites (N-methyl/N-ethyl adjacent to an activating group) is 1. The Morgan fingerprint density at radius 1 is 0.710 bits per heavy atom. The van der Waals surface area contributed by atoms with Crippen LogP contribution in [0.25, 0.3) is 43.2 Å². The number of carboxylic acid groups (broad SMARTS) is 1. The third-order valence-electron chi connectivity index (χ3n) is 20.3. The Labute approximate surface area is 722 Å². The third kappa shape index (κ3) is 27.0. The van der Waals surface area contributed by atoms with Gasteiger partial charge in [-0.2, -0.15) is 16.8 Å². The van der Waals surface area contributed by atoms with Crippen molar-refractivity contribution in [3.8, 4) is 56.1 Å². The van der Waals surface area contributed by atoms with Crippen LogP contribution in [0.5, 0.6) is 23.1 Å². The smallest absolute Gasteiger partial charge is 0.345 e. The lowest BCUT2D eigenvalue weighted by molar-refractivity contribution is -0.926. The lowest BCUT2D eigenvalue weighted by Gasteiger charge is -2.42. The normalized spacial score (nSPS) is 14.4. The Morgan fingerprint density at radius 2 is 1.41 bits per heavy atom. The molecule has 4 atom stereocenters. The summed E-state index contributed by atoms with van der Waals surface area (Å²) < 4.78 is 111. The maximum absolute atomic E-state index is 14.6. The Morgan fingerprint density at radius 3 is 2.10 bits per heavy atom. The fraction of sp³-hybridized carbons (Fsp3) is 0.373. The number of aliphatic carboxylic acids is 1. The average molecular weight is 1790 g/mol. The van der Waals surface area contributed by atoms with Gasteiger partial charge in [0.2, 0.25) is 41.5 Å². The van der Waals surface area contributed by atoms with E-state index in [-0.39, 0.29) is 88.3 Å². The van der Waals surface area contributed by atoms with Crippen molar-refractivity contribution >= 4 is 118 Å². The summed E-state index contributed by atoms with van der Waals surface area (Å²) in [5.41, 5.74) is 10.3. The maximum Gasteiger partial charge on any atom is 0.345 e. The molecule has 3 aromatic heterocycles. The van der Waals surface area contributed by atoms with Crippen LogP contribution in [0.15, 0.2) is 134 Å². The molecule has 1 fully saturated rings. The van der Waals surface area contributed by atoms with Gasteiger partial charge in [0.25, 0.3) is 32.1 Å². The number of nitrogens with zero attached hydrogens (tertiary/aromatic N) is 7. The van der Waals surface area contributed by atoms with Crippen LogP contribution in [0.1, 0.15) is 67.5 Å². The highest BCUT2D eigenvalue weighted by atomic mass is 35.5. The Kier molecular flexibility index (Phi) is 32.9. The van der Waals surface area contributed by atoms with Gasteiger partial charge in [-0.1, -0.05) is 80.0 Å². The number of halogens is 2. The van der Waals surface area contributed by atoms with E-state index in [0.717, 1.165) is 17.1 Å². The summed E-state index contributed by atoms with van der Waals surface area (Å²) in [5.74, 6) is -9.93. The molecule has 41 heteroatoms. The van der Waals surface area contributed by atoms with Crippen molar-refractivity contribution in [3.05, 3.63) is 173 Å². The van der Waals surface area contributed by atoms with E-state index >= 15 is 0 Å². The number of Topliss-reactive ketones (excluding diaryl/α,β-unsaturated/α-hetero) is 1. The molecule has 0 bridgehead atoms. The molecule has 9 amide bonds. The first-order valence-electron chi connectivity index (χ1n) is 39.2. The van der Waals surface area contributed by atoms with Crippen molar-refractivity contribution in [1.82, 2.24) is 56.3 Å². The van der Waals surface area contributed by atoms with Crippen LogP contribution in [-0.4, -0.2) is 246 Å². The van der Waals surface area contributed by atoms with Crippen LogP contribution in [0.4, 0.5) is 14.9 Å². The van der Waals surface area contributed by atoms with E-state index in [1.807, 2.05) is 25.2 Å². The second kappa shape index (κ2) is 43.3. The predicted octanol–water partition coefficient (Wildman–Crippen LogP) is 5.81. The molecular weight excluding hydrogens is 1700 g/mol. The molecule has 10 rings (SSSR count). The van der Waals surface area contributed by atoms with Crippen molar-refractivity contribution in [1.29, 1.82) is 0 Å². The van der Waals surface area contributed by atoms with E-state index in [4.69, 9.17) is 46.0 Å². The van der Waals surface area contributed by atoms with Crippen LogP contribution >= 0.6 is 22.9 Å². The molecular formula is C83H95ClFN14O22S3+. The maximum atomic E-state index is 14.6. The van der Waals surface area contributed by atoms with Crippen LogP contribution in [0.2, 0.25) is 5.02 Å². The molecule has 0 spiro atoms. The van der Waals surface area contributed by atoms with Gasteiger partial charge in [-0.05, 0) is 108 Å². The zero-order valence-corrected chi connectivity index (χ0v) is 71.4. The second-order valence-electron chi connectivity index (χ2n) is 29.9. The van der Waals surface area contributed by atoms with E-state index in [0.29, 0.717) is 126 Å². The molecule has 1 saturated heterocycles. The molecule has 5 aromatic carbocycles. The van der Waals surface area contributed by atoms with Gasteiger partial charge in [0.15, 0.2) is 23.1 Å². The average Bonchev–Trinajstić information content (AvgIpc) is 1.59. The number of anilines is 1. The lowest BCUT2D eigenvalue weighted by Crippen LogP contribution is -2.57. The molecule has 0 aliphatic carbocycles. The minimum absolute atomic E-state index is 0.00710. The number of hydrogen-bond acceptors (Lipinski definition) is 25. The van der Waals surface area contributed by atoms with Crippen LogP contribution < -0.4 is 56.6 Å². The summed E-state index contributed by atoms with van der Waals surface area (Å²) in [7, 11) is -6.22. The van der Waals surface area contributed by atoms with E-state index < -0.39 is 146 Å². The number of carboxylic acids is 1. The quantitative estimate of drug-likeness (QED) is 0.00931. The number of quaternary nitrogens is 1. The number of aromatic nitrogens is 4. The molecule has 0 radical (unpaired) electrons. The summed E-state index contributed by atoms with van der Waals surface area (Å²) in [6.07, 6.45) is 2.19. The number of methoxy groups -OCH3 is 1. The van der Waals surface area contributed by atoms with Crippen molar-refractivity contribution < 1.29 is 112 Å². The Hall–Kier alpha value is -12.0. The highest BCUT2D eigenvalue weighted by molar-refractivity contribution is 7.86. The molecule has 8 aromatic rings. The van der Waals surface area contributed by atoms with Gasteiger partial charge >= 0.3 is 12.0 Å². The number of rotatable bonds is 45. The van der Waals surface area contributed by atoms with Crippen molar-refractivity contribution in [3.63, 3.8) is 0 Å². The zero-order valence-electron chi connectivity index (χ0n) is 68.2. The number of ketones is 1.